The summed E-state index contributed by atoms with van der Waals surface area (Å²) in [5.41, 5.74) is 1.93. The van der Waals surface area contributed by atoms with Crippen LogP contribution in [0.15, 0.2) is 84.9 Å². The number of carbonyl (C=O) groups excluding carboxylic acids is 1. The molecule has 0 heterocycles. The topological polar surface area (TPSA) is 41.6 Å². The van der Waals surface area contributed by atoms with E-state index in [1.165, 1.54) is 0 Å². The Hall–Kier alpha value is -2.98. The lowest BCUT2D eigenvalue weighted by Gasteiger charge is -2.23. The number of ether oxygens (including phenoxy) is 1. The molecule has 0 radical (unpaired) electrons. The first-order chi connectivity index (χ1) is 13.7. The van der Waals surface area contributed by atoms with Crippen molar-refractivity contribution in [1.29, 1.82) is 0 Å². The molecule has 0 aliphatic rings. The van der Waals surface area contributed by atoms with Gasteiger partial charge in [-0.05, 0) is 36.2 Å². The number of nitrogens with one attached hydrogen (secondary N) is 1. The van der Waals surface area contributed by atoms with Crippen molar-refractivity contribution < 1.29 is 9.53 Å². The quantitative estimate of drug-likeness (QED) is 0.510. The molecular weight excluding hydrogens is 372 g/mol. The van der Waals surface area contributed by atoms with Crippen molar-refractivity contribution in [3.05, 3.63) is 95.5 Å². The van der Waals surface area contributed by atoms with E-state index < -0.39 is 0 Å². The van der Waals surface area contributed by atoms with E-state index in [0.29, 0.717) is 36.9 Å². The lowest BCUT2D eigenvalue weighted by atomic mass is 10.2. The molecule has 3 aromatic carbocycles. The number of halogens is 1. The first kappa shape index (κ1) is 19.8. The van der Waals surface area contributed by atoms with Crippen LogP contribution in [0.5, 0.6) is 5.75 Å². The van der Waals surface area contributed by atoms with Crippen LogP contribution in [0.4, 0.5) is 10.5 Å². The number of nitrogens with zero attached hydrogens (tertiary/aromatic N) is 1. The van der Waals surface area contributed by atoms with Gasteiger partial charge in [-0.25, -0.2) is 4.79 Å². The van der Waals surface area contributed by atoms with Gasteiger partial charge in [-0.3, -0.25) is 4.90 Å². The second kappa shape index (κ2) is 10.4. The standard InChI is InChI=1S/C23H23ClN2O2/c24-21-14-7-8-15-22(21)28-17-9-16-25-23(27)26(20-12-5-2-6-13-20)18-19-10-3-1-4-11-19/h1-8,10-15H,9,16-18H2,(H,25,27). The summed E-state index contributed by atoms with van der Waals surface area (Å²) in [6.07, 6.45) is 0.685. The van der Waals surface area contributed by atoms with E-state index in [1.54, 1.807) is 11.0 Å². The molecule has 0 aliphatic carbocycles. The molecule has 144 valence electrons. The molecule has 0 spiro atoms. The zero-order valence-corrected chi connectivity index (χ0v) is 16.3. The Morgan fingerprint density at radius 1 is 0.893 bits per heavy atom. The Kier molecular flexibility index (Phi) is 7.33. The molecule has 0 bridgehead atoms. The lowest BCUT2D eigenvalue weighted by Crippen LogP contribution is -2.40. The fraction of sp³-hybridized carbons (Fsp3) is 0.174. The van der Waals surface area contributed by atoms with E-state index in [9.17, 15) is 4.79 Å². The van der Waals surface area contributed by atoms with Crippen LogP contribution in [0.3, 0.4) is 0 Å². The van der Waals surface area contributed by atoms with Crippen LogP contribution in [-0.4, -0.2) is 19.2 Å². The summed E-state index contributed by atoms with van der Waals surface area (Å²) in [6, 6.07) is 26.8. The molecule has 4 nitrogen and oxygen atoms in total. The van der Waals surface area contributed by atoms with E-state index in [-0.39, 0.29) is 6.03 Å². The lowest BCUT2D eigenvalue weighted by molar-refractivity contribution is 0.244. The third kappa shape index (κ3) is 5.76. The van der Waals surface area contributed by atoms with Gasteiger partial charge in [0.05, 0.1) is 18.2 Å². The van der Waals surface area contributed by atoms with Gasteiger partial charge >= 0.3 is 6.03 Å². The van der Waals surface area contributed by atoms with E-state index in [0.717, 1.165) is 11.3 Å². The number of para-hydroxylation sites is 2. The number of carbonyl (C=O) groups is 1. The maximum Gasteiger partial charge on any atom is 0.322 e. The number of anilines is 1. The van der Waals surface area contributed by atoms with Gasteiger partial charge in [-0.1, -0.05) is 72.3 Å². The van der Waals surface area contributed by atoms with E-state index >= 15 is 0 Å². The normalized spacial score (nSPS) is 10.3. The van der Waals surface area contributed by atoms with Gasteiger partial charge in [-0.15, -0.1) is 0 Å². The van der Waals surface area contributed by atoms with Crippen molar-refractivity contribution in [3.63, 3.8) is 0 Å². The summed E-state index contributed by atoms with van der Waals surface area (Å²) < 4.78 is 5.66. The number of hydrogen-bond acceptors (Lipinski definition) is 2. The van der Waals surface area contributed by atoms with Gasteiger partial charge in [0.1, 0.15) is 5.75 Å². The number of rotatable bonds is 8. The molecule has 28 heavy (non-hydrogen) atoms. The summed E-state index contributed by atoms with van der Waals surface area (Å²) in [7, 11) is 0. The van der Waals surface area contributed by atoms with Crippen LogP contribution in [0.2, 0.25) is 5.02 Å². The van der Waals surface area contributed by atoms with Crippen molar-refractivity contribution >= 4 is 23.3 Å². The predicted molar refractivity (Wildman–Crippen MR) is 114 cm³/mol. The van der Waals surface area contributed by atoms with Crippen LogP contribution >= 0.6 is 11.6 Å². The highest BCUT2D eigenvalue weighted by atomic mass is 35.5. The Balaban J connectivity index is 1.53. The molecule has 2 amide bonds. The summed E-state index contributed by atoms with van der Waals surface area (Å²) in [5.74, 6) is 0.658. The summed E-state index contributed by atoms with van der Waals surface area (Å²) in [4.78, 5) is 14.5. The van der Waals surface area contributed by atoms with Crippen LogP contribution in [-0.2, 0) is 6.54 Å². The average Bonchev–Trinajstić information content (AvgIpc) is 2.74. The first-order valence-electron chi connectivity index (χ1n) is 9.26. The summed E-state index contributed by atoms with van der Waals surface area (Å²) in [6.45, 7) is 1.50. The zero-order valence-electron chi connectivity index (χ0n) is 15.6. The van der Waals surface area contributed by atoms with Crippen molar-refractivity contribution in [1.82, 2.24) is 5.32 Å². The predicted octanol–water partition coefficient (Wildman–Crippen LogP) is 5.53. The Labute approximate surface area is 170 Å². The van der Waals surface area contributed by atoms with Crippen LogP contribution in [0, 0.1) is 0 Å². The minimum atomic E-state index is -0.132. The smallest absolute Gasteiger partial charge is 0.322 e. The largest absolute Gasteiger partial charge is 0.492 e. The molecule has 0 saturated heterocycles. The van der Waals surface area contributed by atoms with Gasteiger partial charge in [0.25, 0.3) is 0 Å². The molecule has 0 atom stereocenters. The van der Waals surface area contributed by atoms with Crippen molar-refractivity contribution in [2.75, 3.05) is 18.1 Å². The summed E-state index contributed by atoms with van der Waals surface area (Å²) in [5, 5.41) is 3.56. The third-order valence-corrected chi connectivity index (χ3v) is 4.50. The molecule has 0 aromatic heterocycles. The Morgan fingerprint density at radius 2 is 1.54 bits per heavy atom. The molecule has 0 saturated carbocycles. The molecular formula is C23H23ClN2O2. The van der Waals surface area contributed by atoms with Crippen molar-refractivity contribution in [2.24, 2.45) is 0 Å². The number of urea groups is 1. The van der Waals surface area contributed by atoms with Gasteiger partial charge < -0.3 is 10.1 Å². The van der Waals surface area contributed by atoms with E-state index in [1.807, 2.05) is 78.9 Å². The zero-order chi connectivity index (χ0) is 19.6. The van der Waals surface area contributed by atoms with E-state index in [4.69, 9.17) is 16.3 Å². The maximum absolute atomic E-state index is 12.8. The second-order valence-corrected chi connectivity index (χ2v) is 6.68. The Morgan fingerprint density at radius 3 is 2.25 bits per heavy atom. The molecule has 5 heteroatoms. The molecule has 0 aliphatic heterocycles. The second-order valence-electron chi connectivity index (χ2n) is 6.27. The highest BCUT2D eigenvalue weighted by molar-refractivity contribution is 6.32. The fourth-order valence-electron chi connectivity index (χ4n) is 2.76. The highest BCUT2D eigenvalue weighted by Gasteiger charge is 2.15. The fourth-order valence-corrected chi connectivity index (χ4v) is 2.95. The van der Waals surface area contributed by atoms with Gasteiger partial charge in [0.2, 0.25) is 0 Å². The maximum atomic E-state index is 12.8. The third-order valence-electron chi connectivity index (χ3n) is 4.19. The van der Waals surface area contributed by atoms with Crippen molar-refractivity contribution in [2.45, 2.75) is 13.0 Å². The molecule has 3 rings (SSSR count). The van der Waals surface area contributed by atoms with Gasteiger partial charge in [0.15, 0.2) is 0 Å². The van der Waals surface area contributed by atoms with Crippen LogP contribution in [0.25, 0.3) is 0 Å². The summed E-state index contributed by atoms with van der Waals surface area (Å²) >= 11 is 6.07. The van der Waals surface area contributed by atoms with Crippen LogP contribution < -0.4 is 15.0 Å². The number of hydrogen-bond donors (Lipinski definition) is 1. The minimum Gasteiger partial charge on any atom is -0.492 e. The van der Waals surface area contributed by atoms with Gasteiger partial charge in [0, 0.05) is 12.2 Å². The Bertz CT molecular complexity index is 872. The highest BCUT2D eigenvalue weighted by Crippen LogP contribution is 2.23. The SMILES string of the molecule is O=C(NCCCOc1ccccc1Cl)N(Cc1ccccc1)c1ccccc1. The molecule has 1 N–H and O–H groups in total. The van der Waals surface area contributed by atoms with Gasteiger partial charge in [-0.2, -0.15) is 0 Å². The first-order valence-corrected chi connectivity index (χ1v) is 9.63. The number of benzene rings is 3. The van der Waals surface area contributed by atoms with Crippen LogP contribution in [0.1, 0.15) is 12.0 Å². The van der Waals surface area contributed by atoms with E-state index in [2.05, 4.69) is 5.32 Å². The molecule has 3 aromatic rings. The minimum absolute atomic E-state index is 0.132. The average molecular weight is 395 g/mol. The monoisotopic (exact) mass is 394 g/mol. The van der Waals surface area contributed by atoms with Crippen molar-refractivity contribution in [3.8, 4) is 5.75 Å². The molecule has 0 fully saturated rings. The molecule has 0 unspecified atom stereocenters. The number of amides is 2.